The monoisotopic (exact) mass is 183 g/mol. The fourth-order valence-corrected chi connectivity index (χ4v) is 2.52. The highest BCUT2D eigenvalue weighted by Gasteiger charge is 2.26. The van der Waals surface area contributed by atoms with Gasteiger partial charge in [-0.3, -0.25) is 0 Å². The minimum Gasteiger partial charge on any atom is -0.300 e. The van der Waals surface area contributed by atoms with E-state index in [4.69, 9.17) is 0 Å². The molecule has 0 aliphatic heterocycles. The van der Waals surface area contributed by atoms with Crippen LogP contribution in [0.15, 0.2) is 0 Å². The van der Waals surface area contributed by atoms with Crippen LogP contribution in [0.3, 0.4) is 0 Å². The van der Waals surface area contributed by atoms with Crippen LogP contribution in [0.4, 0.5) is 0 Å². The standard InChI is InChI=1S/C12H25N/c1-5-11(3)13(4)12-9-7-6-8-10(12)2/h10-12H,5-9H2,1-4H3. The third-order valence-electron chi connectivity index (χ3n) is 3.88. The predicted octanol–water partition coefficient (Wildman–Crippen LogP) is 3.30. The molecule has 1 rings (SSSR count). The molecule has 1 aliphatic rings. The first-order chi connectivity index (χ1) is 6.16. The number of hydrogen-bond acceptors (Lipinski definition) is 1. The Labute approximate surface area is 83.5 Å². The molecule has 0 spiro atoms. The lowest BCUT2D eigenvalue weighted by molar-refractivity contribution is 0.102. The van der Waals surface area contributed by atoms with Crippen LogP contribution >= 0.6 is 0 Å². The van der Waals surface area contributed by atoms with Crippen molar-refractivity contribution in [1.82, 2.24) is 4.90 Å². The van der Waals surface area contributed by atoms with Crippen LogP contribution in [-0.2, 0) is 0 Å². The Kier molecular flexibility index (Phi) is 4.24. The molecule has 78 valence electrons. The molecule has 0 N–H and O–H groups in total. The Balaban J connectivity index is 2.47. The minimum absolute atomic E-state index is 0.755. The topological polar surface area (TPSA) is 3.24 Å². The summed E-state index contributed by atoms with van der Waals surface area (Å²) in [6.45, 7) is 7.05. The normalized spacial score (nSPS) is 32.1. The number of hydrogen-bond donors (Lipinski definition) is 0. The lowest BCUT2D eigenvalue weighted by atomic mass is 9.84. The molecule has 0 radical (unpaired) electrons. The van der Waals surface area contributed by atoms with E-state index in [9.17, 15) is 0 Å². The highest BCUT2D eigenvalue weighted by Crippen LogP contribution is 2.28. The van der Waals surface area contributed by atoms with Crippen molar-refractivity contribution in [3.05, 3.63) is 0 Å². The van der Waals surface area contributed by atoms with Crippen molar-refractivity contribution in [3.8, 4) is 0 Å². The first kappa shape index (κ1) is 11.0. The van der Waals surface area contributed by atoms with E-state index in [1.54, 1.807) is 0 Å². The van der Waals surface area contributed by atoms with E-state index in [-0.39, 0.29) is 0 Å². The molecule has 0 bridgehead atoms. The van der Waals surface area contributed by atoms with Crippen LogP contribution in [0, 0.1) is 5.92 Å². The molecular weight excluding hydrogens is 158 g/mol. The zero-order valence-electron chi connectivity index (χ0n) is 9.71. The molecule has 0 amide bonds. The average Bonchev–Trinajstić information content (AvgIpc) is 2.16. The lowest BCUT2D eigenvalue weighted by Crippen LogP contribution is -2.43. The molecule has 1 nitrogen and oxygen atoms in total. The largest absolute Gasteiger partial charge is 0.300 e. The maximum absolute atomic E-state index is 2.60. The molecule has 1 fully saturated rings. The zero-order valence-corrected chi connectivity index (χ0v) is 9.71. The molecule has 3 atom stereocenters. The highest BCUT2D eigenvalue weighted by molar-refractivity contribution is 4.81. The van der Waals surface area contributed by atoms with E-state index in [1.165, 1.54) is 32.1 Å². The third-order valence-corrected chi connectivity index (χ3v) is 3.88. The van der Waals surface area contributed by atoms with Crippen LogP contribution in [0.2, 0.25) is 0 Å². The van der Waals surface area contributed by atoms with Crippen molar-refractivity contribution < 1.29 is 0 Å². The van der Waals surface area contributed by atoms with Gasteiger partial charge in [-0.2, -0.15) is 0 Å². The third kappa shape index (κ3) is 2.70. The summed E-state index contributed by atoms with van der Waals surface area (Å²) in [5.41, 5.74) is 0. The van der Waals surface area contributed by atoms with E-state index >= 15 is 0 Å². The van der Waals surface area contributed by atoms with Gasteiger partial charge >= 0.3 is 0 Å². The predicted molar refractivity (Wildman–Crippen MR) is 58.9 cm³/mol. The second-order valence-electron chi connectivity index (χ2n) is 4.75. The van der Waals surface area contributed by atoms with Gasteiger partial charge in [-0.05, 0) is 39.2 Å². The maximum atomic E-state index is 2.60. The summed E-state index contributed by atoms with van der Waals surface area (Å²) >= 11 is 0. The maximum Gasteiger partial charge on any atom is 0.0121 e. The summed E-state index contributed by atoms with van der Waals surface area (Å²) in [4.78, 5) is 2.60. The highest BCUT2D eigenvalue weighted by atomic mass is 15.2. The number of rotatable bonds is 3. The van der Waals surface area contributed by atoms with Gasteiger partial charge in [0.1, 0.15) is 0 Å². The van der Waals surface area contributed by atoms with Gasteiger partial charge in [0.25, 0.3) is 0 Å². The second kappa shape index (κ2) is 4.99. The van der Waals surface area contributed by atoms with Gasteiger partial charge in [0.2, 0.25) is 0 Å². The van der Waals surface area contributed by atoms with Crippen molar-refractivity contribution in [2.45, 2.75) is 65.0 Å². The van der Waals surface area contributed by atoms with Gasteiger partial charge in [-0.15, -0.1) is 0 Å². The Morgan fingerprint density at radius 3 is 2.46 bits per heavy atom. The van der Waals surface area contributed by atoms with Gasteiger partial charge in [0.05, 0.1) is 0 Å². The summed E-state index contributed by atoms with van der Waals surface area (Å²) < 4.78 is 0. The van der Waals surface area contributed by atoms with E-state index in [0.717, 1.165) is 18.0 Å². The zero-order chi connectivity index (χ0) is 9.84. The number of nitrogens with zero attached hydrogens (tertiary/aromatic N) is 1. The van der Waals surface area contributed by atoms with Crippen LogP contribution in [0.5, 0.6) is 0 Å². The lowest BCUT2D eigenvalue weighted by Gasteiger charge is -2.39. The molecule has 0 aromatic rings. The van der Waals surface area contributed by atoms with Crippen molar-refractivity contribution in [1.29, 1.82) is 0 Å². The fraction of sp³-hybridized carbons (Fsp3) is 1.00. The summed E-state index contributed by atoms with van der Waals surface area (Å²) in [6, 6.07) is 1.61. The van der Waals surface area contributed by atoms with Gasteiger partial charge in [0.15, 0.2) is 0 Å². The summed E-state index contributed by atoms with van der Waals surface area (Å²) in [6.07, 6.45) is 7.02. The molecule has 13 heavy (non-hydrogen) atoms. The Morgan fingerprint density at radius 2 is 1.92 bits per heavy atom. The Hall–Kier alpha value is -0.0400. The molecule has 1 saturated carbocycles. The van der Waals surface area contributed by atoms with E-state index in [2.05, 4.69) is 32.7 Å². The molecule has 1 aliphatic carbocycles. The Bertz CT molecular complexity index is 144. The molecular formula is C12H25N. The first-order valence-corrected chi connectivity index (χ1v) is 5.88. The van der Waals surface area contributed by atoms with Crippen molar-refractivity contribution in [2.75, 3.05) is 7.05 Å². The summed E-state index contributed by atoms with van der Waals surface area (Å²) in [5, 5.41) is 0. The van der Waals surface area contributed by atoms with E-state index in [0.29, 0.717) is 0 Å². The molecule has 0 aromatic carbocycles. The molecule has 0 aromatic heterocycles. The average molecular weight is 183 g/mol. The van der Waals surface area contributed by atoms with Gasteiger partial charge in [-0.25, -0.2) is 0 Å². The minimum atomic E-state index is 0.755. The van der Waals surface area contributed by atoms with Gasteiger partial charge in [-0.1, -0.05) is 26.7 Å². The molecule has 1 heteroatoms. The quantitative estimate of drug-likeness (QED) is 0.649. The Morgan fingerprint density at radius 1 is 1.31 bits per heavy atom. The van der Waals surface area contributed by atoms with Gasteiger partial charge < -0.3 is 4.90 Å². The molecule has 0 heterocycles. The van der Waals surface area contributed by atoms with Gasteiger partial charge in [0, 0.05) is 12.1 Å². The smallest absolute Gasteiger partial charge is 0.0121 e. The van der Waals surface area contributed by atoms with E-state index in [1.807, 2.05) is 0 Å². The van der Waals surface area contributed by atoms with Crippen molar-refractivity contribution in [3.63, 3.8) is 0 Å². The van der Waals surface area contributed by atoms with Crippen molar-refractivity contribution in [2.24, 2.45) is 5.92 Å². The first-order valence-electron chi connectivity index (χ1n) is 5.88. The van der Waals surface area contributed by atoms with Crippen LogP contribution < -0.4 is 0 Å². The molecule has 3 unspecified atom stereocenters. The van der Waals surface area contributed by atoms with Crippen LogP contribution in [0.25, 0.3) is 0 Å². The van der Waals surface area contributed by atoms with Crippen molar-refractivity contribution >= 4 is 0 Å². The van der Waals surface area contributed by atoms with Crippen LogP contribution in [-0.4, -0.2) is 24.0 Å². The molecule has 0 saturated heterocycles. The summed E-state index contributed by atoms with van der Waals surface area (Å²) in [7, 11) is 2.31. The SMILES string of the molecule is CCC(C)N(C)C1CCCCC1C. The summed E-state index contributed by atoms with van der Waals surface area (Å²) in [5.74, 6) is 0.910. The fourth-order valence-electron chi connectivity index (χ4n) is 2.52. The van der Waals surface area contributed by atoms with E-state index < -0.39 is 0 Å². The van der Waals surface area contributed by atoms with Crippen LogP contribution in [0.1, 0.15) is 52.9 Å². The second-order valence-corrected chi connectivity index (χ2v) is 4.75.